The zero-order valence-corrected chi connectivity index (χ0v) is 16.0. The van der Waals surface area contributed by atoms with Crippen LogP contribution in [0.5, 0.6) is 0 Å². The molecule has 0 radical (unpaired) electrons. The molecule has 28 heavy (non-hydrogen) atoms. The van der Waals surface area contributed by atoms with Crippen molar-refractivity contribution in [2.75, 3.05) is 43.6 Å². The molecule has 0 saturated carbocycles. The van der Waals surface area contributed by atoms with E-state index in [1.165, 1.54) is 12.1 Å². The monoisotopic (exact) mass is 384 g/mol. The first kappa shape index (κ1) is 19.9. The van der Waals surface area contributed by atoms with Gasteiger partial charge in [0.2, 0.25) is 0 Å². The number of hydrogen-bond acceptors (Lipinski definition) is 5. The molecule has 1 heterocycles. The second-order valence-electron chi connectivity index (χ2n) is 6.75. The summed E-state index contributed by atoms with van der Waals surface area (Å²) < 4.78 is 11.1. The lowest BCUT2D eigenvalue weighted by Crippen LogP contribution is -2.38. The molecule has 7 heteroatoms. The van der Waals surface area contributed by atoms with Crippen molar-refractivity contribution in [3.63, 3.8) is 0 Å². The summed E-state index contributed by atoms with van der Waals surface area (Å²) in [7, 11) is 1.87. The number of aromatic carboxylic acids is 1. The number of likely N-dealkylation sites (N-methyl/N-ethyl adjacent to an activating group) is 1. The van der Waals surface area contributed by atoms with Gasteiger partial charge in [-0.25, -0.2) is 4.79 Å². The highest BCUT2D eigenvalue weighted by Crippen LogP contribution is 2.28. The molecule has 7 nitrogen and oxygen atoms in total. The lowest BCUT2D eigenvalue weighted by molar-refractivity contribution is -0.0837. The van der Waals surface area contributed by atoms with Crippen LogP contribution in [0.15, 0.2) is 42.5 Å². The molecule has 0 unspecified atom stereocenters. The second kappa shape index (κ2) is 8.86. The number of hydrogen-bond donors (Lipinski definition) is 2. The fourth-order valence-corrected chi connectivity index (χ4v) is 3.17. The van der Waals surface area contributed by atoms with Crippen LogP contribution in [0.2, 0.25) is 0 Å². The minimum absolute atomic E-state index is 0.0854. The van der Waals surface area contributed by atoms with Crippen LogP contribution in [0.3, 0.4) is 0 Å². The zero-order valence-electron chi connectivity index (χ0n) is 16.0. The summed E-state index contributed by atoms with van der Waals surface area (Å²) in [5, 5.41) is 12.2. The molecule has 0 spiro atoms. The Bertz CT molecular complexity index is 862. The Labute approximate surface area is 163 Å². The smallest absolute Gasteiger partial charge is 0.335 e. The first-order valence-corrected chi connectivity index (χ1v) is 9.10. The molecule has 1 aliphatic heterocycles. The van der Waals surface area contributed by atoms with Gasteiger partial charge in [-0.1, -0.05) is 18.2 Å². The number of anilines is 2. The van der Waals surface area contributed by atoms with Crippen LogP contribution in [-0.2, 0) is 9.47 Å². The summed E-state index contributed by atoms with van der Waals surface area (Å²) in [4.78, 5) is 26.1. The van der Waals surface area contributed by atoms with Crippen molar-refractivity contribution in [1.29, 1.82) is 0 Å². The van der Waals surface area contributed by atoms with E-state index in [0.717, 1.165) is 5.56 Å². The molecular weight excluding hydrogens is 360 g/mol. The van der Waals surface area contributed by atoms with Gasteiger partial charge in [0.1, 0.15) is 0 Å². The Morgan fingerprint density at radius 1 is 1.21 bits per heavy atom. The number of carbonyl (C=O) groups is 2. The van der Waals surface area contributed by atoms with Crippen LogP contribution >= 0.6 is 0 Å². The van der Waals surface area contributed by atoms with Crippen LogP contribution < -0.4 is 10.2 Å². The number of carboxylic acid groups (broad SMARTS) is 1. The van der Waals surface area contributed by atoms with E-state index >= 15 is 0 Å². The van der Waals surface area contributed by atoms with E-state index in [-0.39, 0.29) is 17.6 Å². The van der Waals surface area contributed by atoms with Crippen molar-refractivity contribution < 1.29 is 24.2 Å². The molecule has 2 N–H and O–H groups in total. The van der Waals surface area contributed by atoms with E-state index in [1.807, 2.05) is 31.0 Å². The van der Waals surface area contributed by atoms with Gasteiger partial charge in [0, 0.05) is 19.2 Å². The third-order valence-electron chi connectivity index (χ3n) is 4.66. The number of benzene rings is 2. The summed E-state index contributed by atoms with van der Waals surface area (Å²) in [6, 6.07) is 11.9. The molecule has 2 aromatic rings. The standard InChI is InChI=1S/C21H24N2O5/c1-14-5-3-4-6-17(14)20(24)22-18-11-15(21(25)26)7-8-19(18)23(2)12-16-13-27-9-10-28-16/h3-8,11,16H,9-10,12-13H2,1-2H3,(H,22,24)(H,25,26)/t16-/m1/s1. The summed E-state index contributed by atoms with van der Waals surface area (Å²) in [5.74, 6) is -1.34. The Morgan fingerprint density at radius 2 is 2.00 bits per heavy atom. The van der Waals surface area contributed by atoms with Crippen LogP contribution in [0.25, 0.3) is 0 Å². The van der Waals surface area contributed by atoms with Gasteiger partial charge in [-0.2, -0.15) is 0 Å². The lowest BCUT2D eigenvalue weighted by atomic mass is 10.1. The van der Waals surface area contributed by atoms with E-state index in [4.69, 9.17) is 9.47 Å². The zero-order chi connectivity index (χ0) is 20.1. The van der Waals surface area contributed by atoms with Gasteiger partial charge in [-0.3, -0.25) is 4.79 Å². The molecule has 0 aliphatic carbocycles. The maximum Gasteiger partial charge on any atom is 0.335 e. The van der Waals surface area contributed by atoms with Crippen molar-refractivity contribution in [2.24, 2.45) is 0 Å². The lowest BCUT2D eigenvalue weighted by Gasteiger charge is -2.30. The number of aryl methyl sites for hydroxylation is 1. The van der Waals surface area contributed by atoms with Gasteiger partial charge < -0.3 is 24.8 Å². The van der Waals surface area contributed by atoms with E-state index in [0.29, 0.717) is 43.3 Å². The Morgan fingerprint density at radius 3 is 2.68 bits per heavy atom. The largest absolute Gasteiger partial charge is 0.478 e. The van der Waals surface area contributed by atoms with E-state index in [1.54, 1.807) is 18.2 Å². The maximum atomic E-state index is 12.8. The van der Waals surface area contributed by atoms with E-state index in [9.17, 15) is 14.7 Å². The van der Waals surface area contributed by atoms with Gasteiger partial charge in [0.25, 0.3) is 5.91 Å². The molecular formula is C21H24N2O5. The summed E-state index contributed by atoms with van der Waals surface area (Å²) in [6.45, 7) is 4.05. The van der Waals surface area contributed by atoms with E-state index < -0.39 is 5.97 Å². The van der Waals surface area contributed by atoms with Gasteiger partial charge in [0.05, 0.1) is 42.9 Å². The van der Waals surface area contributed by atoms with Gasteiger partial charge in [-0.15, -0.1) is 0 Å². The molecule has 1 saturated heterocycles. The van der Waals surface area contributed by atoms with Crippen molar-refractivity contribution in [3.8, 4) is 0 Å². The van der Waals surface area contributed by atoms with Gasteiger partial charge >= 0.3 is 5.97 Å². The number of carbonyl (C=O) groups excluding carboxylic acids is 1. The SMILES string of the molecule is Cc1ccccc1C(=O)Nc1cc(C(=O)O)ccc1N(C)C[C@@H]1COCCO1. The Hall–Kier alpha value is -2.90. The molecule has 0 aromatic heterocycles. The third kappa shape index (κ3) is 4.68. The van der Waals surface area contributed by atoms with Crippen LogP contribution in [0.1, 0.15) is 26.3 Å². The molecule has 1 fully saturated rings. The number of nitrogens with one attached hydrogen (secondary N) is 1. The summed E-state index contributed by atoms with van der Waals surface area (Å²) in [6.07, 6.45) is -0.0854. The van der Waals surface area contributed by atoms with Crippen LogP contribution in [0.4, 0.5) is 11.4 Å². The highest BCUT2D eigenvalue weighted by atomic mass is 16.6. The number of carboxylic acids is 1. The predicted molar refractivity (Wildman–Crippen MR) is 106 cm³/mol. The van der Waals surface area contributed by atoms with Crippen molar-refractivity contribution in [3.05, 3.63) is 59.2 Å². The molecule has 0 bridgehead atoms. The van der Waals surface area contributed by atoms with E-state index in [2.05, 4.69) is 5.32 Å². The Kier molecular flexibility index (Phi) is 6.28. The second-order valence-corrected chi connectivity index (χ2v) is 6.75. The van der Waals surface area contributed by atoms with Crippen molar-refractivity contribution in [1.82, 2.24) is 0 Å². The first-order valence-electron chi connectivity index (χ1n) is 9.10. The number of amides is 1. The minimum atomic E-state index is -1.05. The third-order valence-corrected chi connectivity index (χ3v) is 4.66. The molecule has 3 rings (SSSR count). The fourth-order valence-electron chi connectivity index (χ4n) is 3.17. The topological polar surface area (TPSA) is 88.1 Å². The van der Waals surface area contributed by atoms with Crippen molar-refractivity contribution in [2.45, 2.75) is 13.0 Å². The minimum Gasteiger partial charge on any atom is -0.478 e. The van der Waals surface area contributed by atoms with Crippen molar-refractivity contribution >= 4 is 23.3 Å². The van der Waals surface area contributed by atoms with Crippen LogP contribution in [-0.4, -0.2) is 56.5 Å². The molecule has 1 amide bonds. The molecule has 2 aromatic carbocycles. The maximum absolute atomic E-state index is 12.8. The number of rotatable bonds is 6. The average molecular weight is 384 g/mol. The predicted octanol–water partition coefficient (Wildman–Crippen LogP) is 2.80. The number of ether oxygens (including phenoxy) is 2. The summed E-state index contributed by atoms with van der Waals surface area (Å²) >= 11 is 0. The van der Waals surface area contributed by atoms with Gasteiger partial charge in [-0.05, 0) is 36.8 Å². The average Bonchev–Trinajstić information content (AvgIpc) is 2.68. The number of nitrogens with zero attached hydrogens (tertiary/aromatic N) is 1. The molecule has 1 atom stereocenters. The molecule has 148 valence electrons. The summed E-state index contributed by atoms with van der Waals surface area (Å²) in [5.41, 5.74) is 2.64. The highest BCUT2D eigenvalue weighted by Gasteiger charge is 2.20. The quantitative estimate of drug-likeness (QED) is 0.796. The highest BCUT2D eigenvalue weighted by molar-refractivity contribution is 6.07. The van der Waals surface area contributed by atoms with Gasteiger partial charge in [0.15, 0.2) is 0 Å². The Balaban J connectivity index is 1.86. The molecule has 1 aliphatic rings. The normalized spacial score (nSPS) is 16.4. The fraction of sp³-hybridized carbons (Fsp3) is 0.333. The first-order chi connectivity index (χ1) is 13.5. The van der Waals surface area contributed by atoms with Crippen LogP contribution in [0, 0.1) is 6.92 Å².